The zero-order valence-electron chi connectivity index (χ0n) is 13.1. The minimum absolute atomic E-state index is 0.0954. The van der Waals surface area contributed by atoms with Gasteiger partial charge in [-0.25, -0.2) is 0 Å². The fourth-order valence-corrected chi connectivity index (χ4v) is 2.75. The van der Waals surface area contributed by atoms with E-state index in [1.54, 1.807) is 0 Å². The van der Waals surface area contributed by atoms with Crippen LogP contribution < -0.4 is 5.73 Å². The van der Waals surface area contributed by atoms with Crippen molar-refractivity contribution in [2.45, 2.75) is 53.1 Å². The number of nitrogens with zero attached hydrogens (tertiary/aromatic N) is 4. The van der Waals surface area contributed by atoms with Crippen molar-refractivity contribution < 1.29 is 0 Å². The molecule has 0 aliphatic rings. The van der Waals surface area contributed by atoms with Crippen LogP contribution in [-0.2, 0) is 26.4 Å². The lowest BCUT2D eigenvalue weighted by Gasteiger charge is -2.13. The molecule has 1 atom stereocenters. The van der Waals surface area contributed by atoms with E-state index in [0.717, 1.165) is 30.8 Å². The standard InChI is InChI=1S/C15H25N5/c1-6-20-14(7-10(2)17-20)8-13(16)9-15-11(3)18-19(5)12(15)4/h7,13H,6,8-9,16H2,1-5H3. The number of rotatable bonds is 5. The van der Waals surface area contributed by atoms with Crippen LogP contribution in [0.1, 0.15) is 35.3 Å². The Morgan fingerprint density at radius 3 is 2.45 bits per heavy atom. The van der Waals surface area contributed by atoms with E-state index in [9.17, 15) is 0 Å². The molecule has 0 aliphatic heterocycles. The van der Waals surface area contributed by atoms with Crippen LogP contribution in [0, 0.1) is 20.8 Å². The van der Waals surface area contributed by atoms with Crippen molar-refractivity contribution in [3.8, 4) is 0 Å². The maximum Gasteiger partial charge on any atom is 0.0628 e. The van der Waals surface area contributed by atoms with Crippen molar-refractivity contribution in [2.24, 2.45) is 12.8 Å². The van der Waals surface area contributed by atoms with E-state index >= 15 is 0 Å². The summed E-state index contributed by atoms with van der Waals surface area (Å²) in [6, 6.07) is 2.23. The quantitative estimate of drug-likeness (QED) is 0.903. The Balaban J connectivity index is 2.10. The highest BCUT2D eigenvalue weighted by Crippen LogP contribution is 2.15. The number of hydrogen-bond acceptors (Lipinski definition) is 3. The molecule has 0 radical (unpaired) electrons. The predicted molar refractivity (Wildman–Crippen MR) is 80.7 cm³/mol. The van der Waals surface area contributed by atoms with E-state index in [1.807, 2.05) is 23.3 Å². The average molecular weight is 275 g/mol. The zero-order valence-corrected chi connectivity index (χ0v) is 13.1. The Kier molecular flexibility index (Phi) is 4.28. The molecule has 110 valence electrons. The summed E-state index contributed by atoms with van der Waals surface area (Å²) >= 11 is 0. The Morgan fingerprint density at radius 2 is 1.90 bits per heavy atom. The second-order valence-corrected chi connectivity index (χ2v) is 5.53. The topological polar surface area (TPSA) is 61.7 Å². The van der Waals surface area contributed by atoms with Gasteiger partial charge in [-0.05, 0) is 45.7 Å². The molecule has 2 aromatic heterocycles. The molecule has 0 aromatic carbocycles. The molecule has 2 aromatic rings. The minimum Gasteiger partial charge on any atom is -0.327 e. The fraction of sp³-hybridized carbons (Fsp3) is 0.600. The third kappa shape index (κ3) is 2.93. The van der Waals surface area contributed by atoms with Gasteiger partial charge in [-0.3, -0.25) is 9.36 Å². The van der Waals surface area contributed by atoms with Crippen LogP contribution in [0.15, 0.2) is 6.07 Å². The van der Waals surface area contributed by atoms with E-state index in [-0.39, 0.29) is 6.04 Å². The number of hydrogen-bond donors (Lipinski definition) is 1. The molecule has 0 spiro atoms. The van der Waals surface area contributed by atoms with Crippen molar-refractivity contribution in [3.63, 3.8) is 0 Å². The molecule has 0 saturated heterocycles. The minimum atomic E-state index is 0.0954. The van der Waals surface area contributed by atoms with Crippen molar-refractivity contribution >= 4 is 0 Å². The van der Waals surface area contributed by atoms with Gasteiger partial charge in [0.2, 0.25) is 0 Å². The molecule has 0 aliphatic carbocycles. The van der Waals surface area contributed by atoms with Gasteiger partial charge < -0.3 is 5.73 Å². The monoisotopic (exact) mass is 275 g/mol. The Bertz CT molecular complexity index is 594. The molecule has 1 unspecified atom stereocenters. The molecule has 2 rings (SSSR count). The van der Waals surface area contributed by atoms with Gasteiger partial charge in [-0.15, -0.1) is 0 Å². The molecule has 2 N–H and O–H groups in total. The van der Waals surface area contributed by atoms with Crippen LogP contribution >= 0.6 is 0 Å². The third-order valence-corrected chi connectivity index (χ3v) is 3.88. The first-order valence-corrected chi connectivity index (χ1v) is 7.20. The highest BCUT2D eigenvalue weighted by Gasteiger charge is 2.15. The molecule has 0 saturated carbocycles. The summed E-state index contributed by atoms with van der Waals surface area (Å²) in [6.07, 6.45) is 1.71. The van der Waals surface area contributed by atoms with Crippen molar-refractivity contribution in [1.82, 2.24) is 19.6 Å². The van der Waals surface area contributed by atoms with E-state index in [1.165, 1.54) is 17.0 Å². The molecular weight excluding hydrogens is 250 g/mol. The van der Waals surface area contributed by atoms with Crippen molar-refractivity contribution in [2.75, 3.05) is 0 Å². The Hall–Kier alpha value is -1.62. The van der Waals surface area contributed by atoms with Gasteiger partial charge >= 0.3 is 0 Å². The van der Waals surface area contributed by atoms with Crippen LogP contribution in [0.3, 0.4) is 0 Å². The summed E-state index contributed by atoms with van der Waals surface area (Å²) in [6.45, 7) is 9.17. The van der Waals surface area contributed by atoms with E-state index in [4.69, 9.17) is 5.73 Å². The second-order valence-electron chi connectivity index (χ2n) is 5.53. The number of nitrogens with two attached hydrogens (primary N) is 1. The maximum atomic E-state index is 6.34. The molecule has 5 heteroatoms. The van der Waals surface area contributed by atoms with Crippen LogP contribution in [0.25, 0.3) is 0 Å². The first-order valence-electron chi connectivity index (χ1n) is 7.20. The van der Waals surface area contributed by atoms with Gasteiger partial charge in [-0.2, -0.15) is 10.2 Å². The van der Waals surface area contributed by atoms with Crippen LogP contribution in [0.5, 0.6) is 0 Å². The van der Waals surface area contributed by atoms with Gasteiger partial charge in [0.25, 0.3) is 0 Å². The molecule has 0 amide bonds. The summed E-state index contributed by atoms with van der Waals surface area (Å²) in [5.74, 6) is 0. The zero-order chi connectivity index (χ0) is 14.9. The molecule has 5 nitrogen and oxygen atoms in total. The van der Waals surface area contributed by atoms with Gasteiger partial charge in [0.1, 0.15) is 0 Å². The Morgan fingerprint density at radius 1 is 1.20 bits per heavy atom. The smallest absolute Gasteiger partial charge is 0.0628 e. The molecule has 0 fully saturated rings. The van der Waals surface area contributed by atoms with Gasteiger partial charge in [0.05, 0.1) is 11.4 Å². The molecule has 20 heavy (non-hydrogen) atoms. The van der Waals surface area contributed by atoms with E-state index in [0.29, 0.717) is 0 Å². The summed E-state index contributed by atoms with van der Waals surface area (Å²) < 4.78 is 3.97. The van der Waals surface area contributed by atoms with E-state index < -0.39 is 0 Å². The maximum absolute atomic E-state index is 6.34. The van der Waals surface area contributed by atoms with Crippen LogP contribution in [-0.4, -0.2) is 25.6 Å². The number of aromatic nitrogens is 4. The molecular formula is C15H25N5. The fourth-order valence-electron chi connectivity index (χ4n) is 2.75. The predicted octanol–water partition coefficient (Wildman–Crippen LogP) is 1.67. The van der Waals surface area contributed by atoms with Crippen molar-refractivity contribution in [3.05, 3.63) is 34.4 Å². The Labute approximate surface area is 120 Å². The normalized spacial score (nSPS) is 12.9. The lowest BCUT2D eigenvalue weighted by molar-refractivity contribution is 0.573. The summed E-state index contributed by atoms with van der Waals surface area (Å²) in [5, 5.41) is 8.93. The largest absolute Gasteiger partial charge is 0.327 e. The van der Waals surface area contributed by atoms with Gasteiger partial charge in [0.15, 0.2) is 0 Å². The van der Waals surface area contributed by atoms with Crippen molar-refractivity contribution in [1.29, 1.82) is 0 Å². The highest BCUT2D eigenvalue weighted by molar-refractivity contribution is 5.25. The lowest BCUT2D eigenvalue weighted by Crippen LogP contribution is -2.27. The first-order chi connectivity index (χ1) is 9.42. The second kappa shape index (κ2) is 5.79. The SMILES string of the molecule is CCn1nc(C)cc1CC(N)Cc1c(C)nn(C)c1C. The highest BCUT2D eigenvalue weighted by atomic mass is 15.3. The van der Waals surface area contributed by atoms with E-state index in [2.05, 4.69) is 37.0 Å². The van der Waals surface area contributed by atoms with Crippen LogP contribution in [0.2, 0.25) is 0 Å². The molecule has 0 bridgehead atoms. The van der Waals surface area contributed by atoms with Gasteiger partial charge in [-0.1, -0.05) is 0 Å². The summed E-state index contributed by atoms with van der Waals surface area (Å²) in [5.41, 5.74) is 12.2. The summed E-state index contributed by atoms with van der Waals surface area (Å²) in [4.78, 5) is 0. The van der Waals surface area contributed by atoms with Crippen LogP contribution in [0.4, 0.5) is 0 Å². The van der Waals surface area contributed by atoms with Gasteiger partial charge in [0, 0.05) is 37.4 Å². The average Bonchev–Trinajstić information content (AvgIpc) is 2.84. The molecule has 2 heterocycles. The lowest BCUT2D eigenvalue weighted by atomic mass is 10.0. The number of aryl methyl sites for hydroxylation is 4. The summed E-state index contributed by atoms with van der Waals surface area (Å²) in [7, 11) is 1.98. The first kappa shape index (κ1) is 14.8. The third-order valence-electron chi connectivity index (χ3n) is 3.88.